The number of benzene rings is 2. The topological polar surface area (TPSA) is 20.3 Å². The number of hydrogen-bond donors (Lipinski definition) is 0. The van der Waals surface area contributed by atoms with Gasteiger partial charge < -0.3 is 4.90 Å². The van der Waals surface area contributed by atoms with Gasteiger partial charge in [-0.2, -0.15) is 0 Å². The standard InChI is InChI=1S/C19H19NO/c1-13-14(2)18-10-6-7-11-19(18)20(15(3)21)12-16-8-4-5-9-17(13)16/h4-11H,12H2,1-3H3/b14-13-. The van der Waals surface area contributed by atoms with E-state index in [0.717, 1.165) is 11.3 Å². The molecule has 2 aromatic carbocycles. The first-order valence-corrected chi connectivity index (χ1v) is 7.23. The highest BCUT2D eigenvalue weighted by molar-refractivity contribution is 6.00. The van der Waals surface area contributed by atoms with Gasteiger partial charge in [-0.25, -0.2) is 0 Å². The molecule has 1 aliphatic heterocycles. The second-order valence-corrected chi connectivity index (χ2v) is 5.53. The number of anilines is 1. The molecular weight excluding hydrogens is 258 g/mol. The summed E-state index contributed by atoms with van der Waals surface area (Å²) >= 11 is 0. The molecular formula is C19H19NO. The molecule has 21 heavy (non-hydrogen) atoms. The lowest BCUT2D eigenvalue weighted by Crippen LogP contribution is -2.29. The molecule has 3 rings (SSSR count). The van der Waals surface area contributed by atoms with E-state index >= 15 is 0 Å². The normalized spacial score (nSPS) is 17.6. The Hall–Kier alpha value is -2.35. The van der Waals surface area contributed by atoms with Crippen LogP contribution in [0.1, 0.15) is 37.5 Å². The largest absolute Gasteiger partial charge is 0.308 e. The maximum Gasteiger partial charge on any atom is 0.224 e. The summed E-state index contributed by atoms with van der Waals surface area (Å²) in [5, 5.41) is 0. The molecule has 2 aromatic rings. The quantitative estimate of drug-likeness (QED) is 0.694. The van der Waals surface area contributed by atoms with Crippen molar-refractivity contribution >= 4 is 22.7 Å². The predicted molar refractivity (Wildman–Crippen MR) is 87.9 cm³/mol. The number of rotatable bonds is 0. The van der Waals surface area contributed by atoms with Crippen LogP contribution in [0.4, 0.5) is 5.69 Å². The van der Waals surface area contributed by atoms with Crippen molar-refractivity contribution in [3.8, 4) is 0 Å². The van der Waals surface area contributed by atoms with Crippen molar-refractivity contribution in [2.45, 2.75) is 27.3 Å². The molecule has 2 heteroatoms. The number of carbonyl (C=O) groups excluding carboxylic acids is 1. The third-order valence-corrected chi connectivity index (χ3v) is 4.29. The molecule has 2 nitrogen and oxygen atoms in total. The van der Waals surface area contributed by atoms with E-state index in [0.29, 0.717) is 6.54 Å². The predicted octanol–water partition coefficient (Wildman–Crippen LogP) is 4.50. The van der Waals surface area contributed by atoms with Crippen LogP contribution in [0.2, 0.25) is 0 Å². The summed E-state index contributed by atoms with van der Waals surface area (Å²) in [6.45, 7) is 6.54. The van der Waals surface area contributed by atoms with Crippen LogP contribution in [0.5, 0.6) is 0 Å². The van der Waals surface area contributed by atoms with E-state index in [-0.39, 0.29) is 5.91 Å². The van der Waals surface area contributed by atoms with Gasteiger partial charge in [0.25, 0.3) is 0 Å². The molecule has 0 fully saturated rings. The van der Waals surface area contributed by atoms with Crippen LogP contribution in [0.3, 0.4) is 0 Å². The third kappa shape index (κ3) is 2.27. The van der Waals surface area contributed by atoms with Crippen molar-refractivity contribution < 1.29 is 4.79 Å². The first-order chi connectivity index (χ1) is 10.1. The molecule has 0 saturated carbocycles. The fourth-order valence-corrected chi connectivity index (χ4v) is 2.99. The van der Waals surface area contributed by atoms with Crippen LogP contribution in [0.15, 0.2) is 48.5 Å². The summed E-state index contributed by atoms with van der Waals surface area (Å²) in [5.74, 6) is 0.0737. The van der Waals surface area contributed by atoms with Gasteiger partial charge in [0.05, 0.1) is 12.2 Å². The smallest absolute Gasteiger partial charge is 0.224 e. The first-order valence-electron chi connectivity index (χ1n) is 7.23. The van der Waals surface area contributed by atoms with Crippen molar-refractivity contribution in [2.24, 2.45) is 0 Å². The molecule has 0 radical (unpaired) electrons. The van der Waals surface area contributed by atoms with Crippen LogP contribution >= 0.6 is 0 Å². The molecule has 0 aromatic heterocycles. The Bertz CT molecular complexity index is 743. The van der Waals surface area contributed by atoms with Crippen LogP contribution in [0.25, 0.3) is 11.1 Å². The molecule has 0 atom stereocenters. The molecule has 0 unspecified atom stereocenters. The van der Waals surface area contributed by atoms with Crippen LogP contribution < -0.4 is 4.90 Å². The van der Waals surface area contributed by atoms with Crippen LogP contribution in [-0.4, -0.2) is 5.91 Å². The van der Waals surface area contributed by atoms with Gasteiger partial charge in [-0.3, -0.25) is 4.79 Å². The number of hydrogen-bond acceptors (Lipinski definition) is 1. The molecule has 1 amide bonds. The van der Waals surface area contributed by atoms with E-state index in [9.17, 15) is 4.79 Å². The summed E-state index contributed by atoms with van der Waals surface area (Å²) in [7, 11) is 0. The highest BCUT2D eigenvalue weighted by atomic mass is 16.2. The Kier molecular flexibility index (Phi) is 3.38. The molecule has 0 aliphatic carbocycles. The summed E-state index contributed by atoms with van der Waals surface area (Å²) < 4.78 is 0. The zero-order valence-corrected chi connectivity index (χ0v) is 12.7. The maximum absolute atomic E-state index is 12.1. The third-order valence-electron chi connectivity index (χ3n) is 4.29. The summed E-state index contributed by atoms with van der Waals surface area (Å²) in [6.07, 6.45) is 0. The van der Waals surface area contributed by atoms with E-state index in [1.807, 2.05) is 29.2 Å². The SMILES string of the molecule is CC(=O)N1Cc2ccccc2/C(C)=C(/C)c2ccccc21. The number of amides is 1. The number of fused-ring (bicyclic) bond motifs is 2. The summed E-state index contributed by atoms with van der Waals surface area (Å²) in [5.41, 5.74) is 7.07. The maximum atomic E-state index is 12.1. The molecule has 0 spiro atoms. The molecule has 106 valence electrons. The lowest BCUT2D eigenvalue weighted by atomic mass is 9.90. The average Bonchev–Trinajstić information content (AvgIpc) is 2.50. The Morgan fingerprint density at radius 1 is 0.905 bits per heavy atom. The lowest BCUT2D eigenvalue weighted by Gasteiger charge is -2.29. The van der Waals surface area contributed by atoms with Crippen molar-refractivity contribution in [3.05, 3.63) is 65.2 Å². The van der Waals surface area contributed by atoms with E-state index < -0.39 is 0 Å². The Morgan fingerprint density at radius 2 is 1.48 bits per heavy atom. The van der Waals surface area contributed by atoms with Gasteiger partial charge in [-0.15, -0.1) is 0 Å². The average molecular weight is 277 g/mol. The zero-order chi connectivity index (χ0) is 15.0. The van der Waals surface area contributed by atoms with Gasteiger partial charge in [0.1, 0.15) is 0 Å². The summed E-state index contributed by atoms with van der Waals surface area (Å²) in [6, 6.07) is 16.5. The van der Waals surface area contributed by atoms with Crippen LogP contribution in [-0.2, 0) is 11.3 Å². The minimum atomic E-state index is 0.0737. The number of para-hydroxylation sites is 1. The molecule has 0 N–H and O–H groups in total. The van der Waals surface area contributed by atoms with Crippen molar-refractivity contribution in [3.63, 3.8) is 0 Å². The highest BCUT2D eigenvalue weighted by Crippen LogP contribution is 2.37. The van der Waals surface area contributed by atoms with E-state index in [4.69, 9.17) is 0 Å². The fourth-order valence-electron chi connectivity index (χ4n) is 2.99. The van der Waals surface area contributed by atoms with Crippen molar-refractivity contribution in [1.29, 1.82) is 0 Å². The molecule has 0 bridgehead atoms. The van der Waals surface area contributed by atoms with Crippen molar-refractivity contribution in [1.82, 2.24) is 0 Å². The zero-order valence-electron chi connectivity index (χ0n) is 12.7. The monoisotopic (exact) mass is 277 g/mol. The van der Waals surface area contributed by atoms with Gasteiger partial charge in [-0.1, -0.05) is 42.5 Å². The molecule has 1 heterocycles. The number of carbonyl (C=O) groups is 1. The van der Waals surface area contributed by atoms with Gasteiger partial charge >= 0.3 is 0 Å². The van der Waals surface area contributed by atoms with Gasteiger partial charge in [0, 0.05) is 12.5 Å². The minimum absolute atomic E-state index is 0.0737. The van der Waals surface area contributed by atoms with E-state index in [1.54, 1.807) is 6.92 Å². The lowest BCUT2D eigenvalue weighted by molar-refractivity contribution is -0.116. The second-order valence-electron chi connectivity index (χ2n) is 5.53. The number of allylic oxidation sites excluding steroid dienone is 2. The van der Waals surface area contributed by atoms with Crippen molar-refractivity contribution in [2.75, 3.05) is 4.90 Å². The van der Waals surface area contributed by atoms with Gasteiger partial charge in [0.2, 0.25) is 5.91 Å². The second kappa shape index (κ2) is 5.21. The highest BCUT2D eigenvalue weighted by Gasteiger charge is 2.21. The first kappa shape index (κ1) is 13.6. The van der Waals surface area contributed by atoms with E-state index in [2.05, 4.69) is 38.1 Å². The molecule has 1 aliphatic rings. The van der Waals surface area contributed by atoms with Gasteiger partial charge in [-0.05, 0) is 42.2 Å². The van der Waals surface area contributed by atoms with Crippen LogP contribution in [0, 0.1) is 0 Å². The minimum Gasteiger partial charge on any atom is -0.308 e. The fraction of sp³-hybridized carbons (Fsp3) is 0.211. The Labute approximate surface area is 125 Å². The Morgan fingerprint density at radius 3 is 2.19 bits per heavy atom. The Balaban J connectivity index is 2.33. The number of nitrogens with zero attached hydrogens (tertiary/aromatic N) is 1. The molecule has 0 saturated heterocycles. The van der Waals surface area contributed by atoms with E-state index in [1.165, 1.54) is 22.3 Å². The summed E-state index contributed by atoms with van der Waals surface area (Å²) in [4.78, 5) is 14.0. The van der Waals surface area contributed by atoms with Gasteiger partial charge in [0.15, 0.2) is 0 Å².